The predicted molar refractivity (Wildman–Crippen MR) is 116 cm³/mol. The van der Waals surface area contributed by atoms with Crippen LogP contribution in [0.1, 0.15) is 27.3 Å². The number of rotatable bonds is 5. The molecule has 0 fully saturated rings. The molecule has 4 rings (SSSR count). The summed E-state index contributed by atoms with van der Waals surface area (Å²) in [6.45, 7) is 3.93. The van der Waals surface area contributed by atoms with Crippen molar-refractivity contribution in [3.8, 4) is 11.4 Å². The molecule has 0 radical (unpaired) electrons. The first-order chi connectivity index (χ1) is 14.5. The van der Waals surface area contributed by atoms with Crippen LogP contribution in [0.25, 0.3) is 11.4 Å². The number of halogens is 1. The third-order valence-corrected chi connectivity index (χ3v) is 4.96. The van der Waals surface area contributed by atoms with Gasteiger partial charge in [-0.05, 0) is 68.4 Å². The molecule has 0 unspecified atom stereocenters. The maximum absolute atomic E-state index is 13.2. The Morgan fingerprint density at radius 3 is 2.43 bits per heavy atom. The van der Waals surface area contributed by atoms with Crippen molar-refractivity contribution in [1.29, 1.82) is 0 Å². The van der Waals surface area contributed by atoms with E-state index in [2.05, 4.69) is 10.5 Å². The van der Waals surface area contributed by atoms with E-state index in [-0.39, 0.29) is 11.7 Å². The van der Waals surface area contributed by atoms with Crippen LogP contribution in [0.5, 0.6) is 0 Å². The first kappa shape index (κ1) is 19.4. The number of carbonyl (C=O) groups excluding carboxylic acids is 1. The molecule has 0 aliphatic rings. The van der Waals surface area contributed by atoms with Crippen molar-refractivity contribution in [3.05, 3.63) is 107 Å². The standard InChI is InChI=1S/C24H21FN4O/c1-17-15-19(18(2)29(17)21-11-9-20(25)10-12-21)16-26-27-24(30)22-7-3-4-8-23(22)28-13-5-6-14-28/h3-16H,1-2H3,(H,27,30)/b26-16+. The van der Waals surface area contributed by atoms with Crippen LogP contribution in [-0.4, -0.2) is 21.3 Å². The summed E-state index contributed by atoms with van der Waals surface area (Å²) in [5.74, 6) is -0.561. The van der Waals surface area contributed by atoms with Gasteiger partial charge in [0.2, 0.25) is 0 Å². The molecule has 4 aromatic rings. The van der Waals surface area contributed by atoms with Crippen LogP contribution in [0.3, 0.4) is 0 Å². The van der Waals surface area contributed by atoms with E-state index >= 15 is 0 Å². The van der Waals surface area contributed by atoms with Crippen LogP contribution < -0.4 is 5.43 Å². The zero-order valence-corrected chi connectivity index (χ0v) is 16.7. The molecule has 0 bridgehead atoms. The third-order valence-electron chi connectivity index (χ3n) is 4.96. The topological polar surface area (TPSA) is 51.3 Å². The summed E-state index contributed by atoms with van der Waals surface area (Å²) in [6, 6.07) is 19.5. The number of amides is 1. The van der Waals surface area contributed by atoms with Gasteiger partial charge in [0, 0.05) is 35.0 Å². The van der Waals surface area contributed by atoms with E-state index in [1.807, 2.05) is 71.8 Å². The summed E-state index contributed by atoms with van der Waals surface area (Å²) in [4.78, 5) is 12.7. The number of aryl methyl sites for hydroxylation is 1. The fourth-order valence-corrected chi connectivity index (χ4v) is 3.51. The SMILES string of the molecule is Cc1cc(/C=N/NC(=O)c2ccccc2-n2cccc2)c(C)n1-c1ccc(F)cc1. The monoisotopic (exact) mass is 400 g/mol. The van der Waals surface area contributed by atoms with E-state index in [1.165, 1.54) is 12.1 Å². The van der Waals surface area contributed by atoms with Gasteiger partial charge >= 0.3 is 0 Å². The van der Waals surface area contributed by atoms with Gasteiger partial charge in [0.25, 0.3) is 5.91 Å². The Balaban J connectivity index is 1.54. The summed E-state index contributed by atoms with van der Waals surface area (Å²) in [5.41, 5.74) is 7.61. The van der Waals surface area contributed by atoms with Crippen molar-refractivity contribution in [3.63, 3.8) is 0 Å². The lowest BCUT2D eigenvalue weighted by Gasteiger charge is -2.09. The Hall–Kier alpha value is -3.93. The Morgan fingerprint density at radius 1 is 1.00 bits per heavy atom. The highest BCUT2D eigenvalue weighted by molar-refractivity contribution is 5.98. The molecule has 150 valence electrons. The number of benzene rings is 2. The molecule has 0 atom stereocenters. The second-order valence-corrected chi connectivity index (χ2v) is 6.94. The number of nitrogens with zero attached hydrogens (tertiary/aromatic N) is 3. The molecule has 0 spiro atoms. The number of carbonyl (C=O) groups is 1. The van der Waals surface area contributed by atoms with E-state index in [1.54, 1.807) is 24.4 Å². The van der Waals surface area contributed by atoms with Gasteiger partial charge in [-0.3, -0.25) is 4.79 Å². The van der Waals surface area contributed by atoms with E-state index < -0.39 is 0 Å². The van der Waals surface area contributed by atoms with E-state index in [9.17, 15) is 9.18 Å². The second kappa shape index (κ2) is 8.21. The van der Waals surface area contributed by atoms with Crippen LogP contribution in [0.15, 0.2) is 84.2 Å². The van der Waals surface area contributed by atoms with Gasteiger partial charge in [-0.2, -0.15) is 5.10 Å². The molecule has 5 nitrogen and oxygen atoms in total. The summed E-state index contributed by atoms with van der Waals surface area (Å²) in [6.07, 6.45) is 5.40. The minimum absolute atomic E-state index is 0.272. The molecule has 6 heteroatoms. The molecular weight excluding hydrogens is 379 g/mol. The van der Waals surface area contributed by atoms with Crippen molar-refractivity contribution >= 4 is 12.1 Å². The molecular formula is C24H21FN4O. The lowest BCUT2D eigenvalue weighted by Crippen LogP contribution is -2.19. The summed E-state index contributed by atoms with van der Waals surface area (Å²) in [7, 11) is 0. The van der Waals surface area contributed by atoms with E-state index in [4.69, 9.17) is 0 Å². The Bertz CT molecular complexity index is 1200. The van der Waals surface area contributed by atoms with E-state index in [0.29, 0.717) is 5.56 Å². The average Bonchev–Trinajstić information content (AvgIpc) is 3.37. The molecule has 0 aliphatic carbocycles. The largest absolute Gasteiger partial charge is 0.323 e. The van der Waals surface area contributed by atoms with Crippen molar-refractivity contribution < 1.29 is 9.18 Å². The van der Waals surface area contributed by atoms with Gasteiger partial charge < -0.3 is 9.13 Å². The molecule has 2 aromatic carbocycles. The quantitative estimate of drug-likeness (QED) is 0.380. The highest BCUT2D eigenvalue weighted by Crippen LogP contribution is 2.20. The number of hydrogen-bond donors (Lipinski definition) is 1. The average molecular weight is 400 g/mol. The zero-order chi connectivity index (χ0) is 21.1. The minimum Gasteiger partial charge on any atom is -0.323 e. The lowest BCUT2D eigenvalue weighted by atomic mass is 10.1. The molecule has 2 aromatic heterocycles. The molecule has 30 heavy (non-hydrogen) atoms. The van der Waals surface area contributed by atoms with Gasteiger partial charge in [-0.25, -0.2) is 9.82 Å². The van der Waals surface area contributed by atoms with E-state index in [0.717, 1.165) is 28.3 Å². The summed E-state index contributed by atoms with van der Waals surface area (Å²) in [5, 5.41) is 4.16. The van der Waals surface area contributed by atoms with Crippen molar-refractivity contribution in [2.75, 3.05) is 0 Å². The molecule has 0 saturated heterocycles. The Kier molecular flexibility index (Phi) is 5.30. The number of para-hydroxylation sites is 1. The number of hydrogen-bond acceptors (Lipinski definition) is 2. The Morgan fingerprint density at radius 2 is 1.70 bits per heavy atom. The summed E-state index contributed by atoms with van der Waals surface area (Å²) >= 11 is 0. The van der Waals surface area contributed by atoms with Gasteiger partial charge in [0.05, 0.1) is 17.5 Å². The van der Waals surface area contributed by atoms with Gasteiger partial charge in [-0.1, -0.05) is 12.1 Å². The number of hydrazone groups is 1. The van der Waals surface area contributed by atoms with Crippen LogP contribution in [0.2, 0.25) is 0 Å². The van der Waals surface area contributed by atoms with Crippen molar-refractivity contribution in [2.24, 2.45) is 5.10 Å². The van der Waals surface area contributed by atoms with Gasteiger partial charge in [0.15, 0.2) is 0 Å². The first-order valence-electron chi connectivity index (χ1n) is 9.55. The smallest absolute Gasteiger partial charge is 0.273 e. The normalized spacial score (nSPS) is 11.2. The Labute approximate surface area is 174 Å². The molecule has 0 saturated carbocycles. The molecule has 1 amide bonds. The predicted octanol–water partition coefficient (Wildman–Crippen LogP) is 4.79. The highest BCUT2D eigenvalue weighted by atomic mass is 19.1. The van der Waals surface area contributed by atoms with Crippen LogP contribution >= 0.6 is 0 Å². The lowest BCUT2D eigenvalue weighted by molar-refractivity contribution is 0.0955. The molecule has 0 aliphatic heterocycles. The zero-order valence-electron chi connectivity index (χ0n) is 16.7. The number of nitrogens with one attached hydrogen (secondary N) is 1. The molecule has 2 heterocycles. The third kappa shape index (κ3) is 3.80. The highest BCUT2D eigenvalue weighted by Gasteiger charge is 2.12. The fourth-order valence-electron chi connectivity index (χ4n) is 3.51. The number of aromatic nitrogens is 2. The van der Waals surface area contributed by atoms with Gasteiger partial charge in [-0.15, -0.1) is 0 Å². The second-order valence-electron chi connectivity index (χ2n) is 6.94. The minimum atomic E-state index is -0.289. The van der Waals surface area contributed by atoms with Gasteiger partial charge in [0.1, 0.15) is 5.82 Å². The van der Waals surface area contributed by atoms with Crippen molar-refractivity contribution in [2.45, 2.75) is 13.8 Å². The molecule has 1 N–H and O–H groups in total. The van der Waals surface area contributed by atoms with Crippen LogP contribution in [-0.2, 0) is 0 Å². The van der Waals surface area contributed by atoms with Crippen LogP contribution in [0.4, 0.5) is 4.39 Å². The fraction of sp³-hybridized carbons (Fsp3) is 0.0833. The van der Waals surface area contributed by atoms with Crippen molar-refractivity contribution in [1.82, 2.24) is 14.6 Å². The van der Waals surface area contributed by atoms with Crippen LogP contribution in [0, 0.1) is 19.7 Å². The maximum Gasteiger partial charge on any atom is 0.273 e. The maximum atomic E-state index is 13.2. The summed E-state index contributed by atoms with van der Waals surface area (Å²) < 4.78 is 17.1. The first-order valence-corrected chi connectivity index (χ1v) is 9.55.